The van der Waals surface area contributed by atoms with Crippen molar-refractivity contribution in [1.82, 2.24) is 15.5 Å². The van der Waals surface area contributed by atoms with Crippen molar-refractivity contribution in [2.24, 2.45) is 5.92 Å². The minimum atomic E-state index is 0.000847. The zero-order valence-electron chi connectivity index (χ0n) is 16.1. The lowest BCUT2D eigenvalue weighted by Crippen LogP contribution is -2.41. The molecule has 0 aromatic heterocycles. The van der Waals surface area contributed by atoms with Gasteiger partial charge >= 0.3 is 0 Å². The van der Waals surface area contributed by atoms with E-state index in [1.807, 2.05) is 29.2 Å². The Morgan fingerprint density at radius 1 is 1.21 bits per heavy atom. The summed E-state index contributed by atoms with van der Waals surface area (Å²) in [6, 6.07) is 7.48. The Bertz CT molecular complexity index is 717. The topological polar surface area (TPSA) is 78.5 Å². The van der Waals surface area contributed by atoms with E-state index in [0.29, 0.717) is 36.7 Å². The molecule has 0 saturated carbocycles. The summed E-state index contributed by atoms with van der Waals surface area (Å²) >= 11 is 5.95. The molecule has 2 fully saturated rings. The quantitative estimate of drug-likeness (QED) is 0.732. The molecule has 1 aromatic carbocycles. The van der Waals surface area contributed by atoms with Crippen LogP contribution in [-0.2, 0) is 20.9 Å². The van der Waals surface area contributed by atoms with Crippen molar-refractivity contribution >= 4 is 29.3 Å². The molecule has 0 radical (unpaired) electrons. The highest BCUT2D eigenvalue weighted by Crippen LogP contribution is 2.23. The van der Waals surface area contributed by atoms with Crippen LogP contribution in [0, 0.1) is 5.92 Å². The largest absolute Gasteiger partial charge is 0.353 e. The van der Waals surface area contributed by atoms with Crippen LogP contribution in [0.4, 0.5) is 0 Å². The van der Waals surface area contributed by atoms with E-state index in [9.17, 15) is 14.4 Å². The highest BCUT2D eigenvalue weighted by atomic mass is 35.5. The van der Waals surface area contributed by atoms with Gasteiger partial charge < -0.3 is 15.5 Å². The van der Waals surface area contributed by atoms with Crippen LogP contribution in [-0.4, -0.2) is 41.8 Å². The lowest BCUT2D eigenvalue weighted by Gasteiger charge is -2.32. The fourth-order valence-electron chi connectivity index (χ4n) is 3.91. The second-order valence-electron chi connectivity index (χ2n) is 7.78. The number of carbonyl (C=O) groups is 3. The van der Waals surface area contributed by atoms with E-state index in [1.165, 1.54) is 0 Å². The maximum Gasteiger partial charge on any atom is 0.224 e. The number of halogens is 1. The molecule has 2 N–H and O–H groups in total. The molecule has 3 rings (SSSR count). The number of rotatable bonds is 7. The van der Waals surface area contributed by atoms with Gasteiger partial charge in [0, 0.05) is 50.0 Å². The summed E-state index contributed by atoms with van der Waals surface area (Å²) in [6.07, 6.45) is 4.91. The molecule has 28 heavy (non-hydrogen) atoms. The van der Waals surface area contributed by atoms with Crippen molar-refractivity contribution in [1.29, 1.82) is 0 Å². The third-order valence-corrected chi connectivity index (χ3v) is 5.87. The molecule has 6 nitrogen and oxygen atoms in total. The van der Waals surface area contributed by atoms with E-state index in [1.54, 1.807) is 0 Å². The van der Waals surface area contributed by atoms with E-state index in [4.69, 9.17) is 11.6 Å². The molecule has 1 aromatic rings. The van der Waals surface area contributed by atoms with Gasteiger partial charge in [-0.05, 0) is 49.3 Å². The van der Waals surface area contributed by atoms with Crippen LogP contribution in [0.15, 0.2) is 24.3 Å². The third-order valence-electron chi connectivity index (χ3n) is 5.63. The van der Waals surface area contributed by atoms with Crippen molar-refractivity contribution in [2.75, 3.05) is 13.1 Å². The van der Waals surface area contributed by atoms with Crippen LogP contribution in [0.3, 0.4) is 0 Å². The molecule has 1 atom stereocenters. The van der Waals surface area contributed by atoms with Crippen LogP contribution in [0.1, 0.15) is 50.5 Å². The first kappa shape index (κ1) is 20.6. The van der Waals surface area contributed by atoms with Gasteiger partial charge in [0.15, 0.2) is 0 Å². The molecular formula is C21H28ClN3O3. The first-order valence-corrected chi connectivity index (χ1v) is 10.5. The van der Waals surface area contributed by atoms with Crippen LogP contribution < -0.4 is 10.6 Å². The second kappa shape index (κ2) is 9.92. The number of amides is 3. The molecule has 2 aliphatic rings. The Morgan fingerprint density at radius 3 is 2.68 bits per heavy atom. The van der Waals surface area contributed by atoms with Gasteiger partial charge in [-0.1, -0.05) is 23.7 Å². The van der Waals surface area contributed by atoms with Crippen molar-refractivity contribution in [3.63, 3.8) is 0 Å². The number of nitrogens with zero attached hydrogens (tertiary/aromatic N) is 1. The molecule has 0 spiro atoms. The summed E-state index contributed by atoms with van der Waals surface area (Å²) in [5.74, 6) is 0.706. The average Bonchev–Trinajstić information content (AvgIpc) is 3.10. The zero-order chi connectivity index (χ0) is 19.9. The molecular weight excluding hydrogens is 378 g/mol. The maximum absolute atomic E-state index is 12.4. The monoisotopic (exact) mass is 405 g/mol. The van der Waals surface area contributed by atoms with Gasteiger partial charge in [0.1, 0.15) is 0 Å². The highest BCUT2D eigenvalue weighted by molar-refractivity contribution is 6.30. The van der Waals surface area contributed by atoms with E-state index in [2.05, 4.69) is 10.6 Å². The Balaban J connectivity index is 1.31. The van der Waals surface area contributed by atoms with Crippen molar-refractivity contribution in [2.45, 2.75) is 57.5 Å². The van der Waals surface area contributed by atoms with Crippen molar-refractivity contribution in [3.8, 4) is 0 Å². The summed E-state index contributed by atoms with van der Waals surface area (Å²) in [5, 5.41) is 6.46. The first-order valence-electron chi connectivity index (χ1n) is 10.1. The lowest BCUT2D eigenvalue weighted by atomic mass is 9.91. The molecule has 2 saturated heterocycles. The van der Waals surface area contributed by atoms with Crippen molar-refractivity contribution < 1.29 is 14.4 Å². The number of carbonyl (C=O) groups excluding carboxylic acids is 3. The van der Waals surface area contributed by atoms with Crippen LogP contribution in [0.25, 0.3) is 0 Å². The van der Waals surface area contributed by atoms with Crippen LogP contribution in [0.5, 0.6) is 0 Å². The minimum Gasteiger partial charge on any atom is -0.353 e. The summed E-state index contributed by atoms with van der Waals surface area (Å²) in [7, 11) is 0. The standard InChI is InChI=1S/C21H28ClN3O3/c22-17-3-1-2-16(12-17)14-23-19(26)6-4-15-8-10-25(11-9-15)21(28)13-18-5-7-20(27)24-18/h1-3,12,15,18H,4-11,13-14H2,(H,23,26)(H,24,27). The van der Waals surface area contributed by atoms with E-state index >= 15 is 0 Å². The smallest absolute Gasteiger partial charge is 0.224 e. The van der Waals surface area contributed by atoms with Crippen LogP contribution >= 0.6 is 11.6 Å². The Kier molecular flexibility index (Phi) is 7.31. The maximum atomic E-state index is 12.4. The summed E-state index contributed by atoms with van der Waals surface area (Å²) < 4.78 is 0. The number of benzene rings is 1. The van der Waals surface area contributed by atoms with Gasteiger partial charge in [-0.2, -0.15) is 0 Å². The second-order valence-corrected chi connectivity index (χ2v) is 8.21. The SMILES string of the molecule is O=C(CCC1CCN(C(=O)CC2CCC(=O)N2)CC1)NCc1cccc(Cl)c1. The van der Waals surface area contributed by atoms with Gasteiger partial charge in [-0.15, -0.1) is 0 Å². The molecule has 152 valence electrons. The molecule has 7 heteroatoms. The normalized spacial score (nSPS) is 20.1. The predicted molar refractivity (Wildman–Crippen MR) is 108 cm³/mol. The zero-order valence-corrected chi connectivity index (χ0v) is 16.8. The summed E-state index contributed by atoms with van der Waals surface area (Å²) in [5.41, 5.74) is 0.992. The number of hydrogen-bond donors (Lipinski definition) is 2. The molecule has 1 unspecified atom stereocenters. The number of nitrogens with one attached hydrogen (secondary N) is 2. The number of hydrogen-bond acceptors (Lipinski definition) is 3. The summed E-state index contributed by atoms with van der Waals surface area (Å²) in [4.78, 5) is 37.6. The van der Waals surface area contributed by atoms with E-state index < -0.39 is 0 Å². The Labute approximate surface area is 171 Å². The Hall–Kier alpha value is -2.08. The van der Waals surface area contributed by atoms with E-state index in [-0.39, 0.29) is 23.8 Å². The van der Waals surface area contributed by atoms with Gasteiger partial charge in [0.05, 0.1) is 0 Å². The number of piperidine rings is 1. The van der Waals surface area contributed by atoms with Gasteiger partial charge in [0.25, 0.3) is 0 Å². The molecule has 2 aliphatic heterocycles. The third kappa shape index (κ3) is 6.23. The lowest BCUT2D eigenvalue weighted by molar-refractivity contribution is -0.133. The minimum absolute atomic E-state index is 0.000847. The average molecular weight is 406 g/mol. The van der Waals surface area contributed by atoms with Gasteiger partial charge in [-0.3, -0.25) is 14.4 Å². The Morgan fingerprint density at radius 2 is 2.00 bits per heavy atom. The molecule has 3 amide bonds. The fourth-order valence-corrected chi connectivity index (χ4v) is 4.13. The van der Waals surface area contributed by atoms with Crippen molar-refractivity contribution in [3.05, 3.63) is 34.9 Å². The van der Waals surface area contributed by atoms with E-state index in [0.717, 1.165) is 44.3 Å². The molecule has 0 aliphatic carbocycles. The highest BCUT2D eigenvalue weighted by Gasteiger charge is 2.28. The molecule has 2 heterocycles. The molecule has 0 bridgehead atoms. The summed E-state index contributed by atoms with van der Waals surface area (Å²) in [6.45, 7) is 1.98. The first-order chi connectivity index (χ1) is 13.5. The number of likely N-dealkylation sites (tertiary alicyclic amines) is 1. The predicted octanol–water partition coefficient (Wildman–Crippen LogP) is 2.64. The van der Waals surface area contributed by atoms with Gasteiger partial charge in [0.2, 0.25) is 17.7 Å². The van der Waals surface area contributed by atoms with Gasteiger partial charge in [-0.25, -0.2) is 0 Å². The van der Waals surface area contributed by atoms with Crippen LogP contribution in [0.2, 0.25) is 5.02 Å². The fraction of sp³-hybridized carbons (Fsp3) is 0.571.